The van der Waals surface area contributed by atoms with Gasteiger partial charge in [-0.05, 0) is 13.8 Å². The summed E-state index contributed by atoms with van der Waals surface area (Å²) in [5.74, 6) is 0. The number of hydrogen-bond donors (Lipinski definition) is 2. The van der Waals surface area contributed by atoms with Crippen LogP contribution in [0.3, 0.4) is 0 Å². The molecule has 0 radical (unpaired) electrons. The van der Waals surface area contributed by atoms with Crippen LogP contribution in [0.25, 0.3) is 0 Å². The van der Waals surface area contributed by atoms with E-state index in [1.165, 1.54) is 5.56 Å². The summed E-state index contributed by atoms with van der Waals surface area (Å²) in [4.78, 5) is 2.47. The first kappa shape index (κ1) is 12.5. The van der Waals surface area contributed by atoms with Crippen molar-refractivity contribution in [1.82, 2.24) is 20.0 Å². The smallest absolute Gasteiger partial charge is 0.0640 e. The van der Waals surface area contributed by atoms with E-state index in [9.17, 15) is 0 Å². The molecule has 2 atom stereocenters. The molecule has 5 heteroatoms. The van der Waals surface area contributed by atoms with E-state index in [1.807, 2.05) is 12.4 Å². The Kier molecular flexibility index (Phi) is 4.15. The van der Waals surface area contributed by atoms with Gasteiger partial charge in [-0.1, -0.05) is 0 Å². The number of aromatic nitrogens is 2. The maximum absolute atomic E-state index is 8.85. The van der Waals surface area contributed by atoms with Crippen molar-refractivity contribution in [3.8, 4) is 0 Å². The summed E-state index contributed by atoms with van der Waals surface area (Å²) in [5, 5.41) is 16.6. The van der Waals surface area contributed by atoms with Gasteiger partial charge in [0.05, 0.1) is 19.3 Å². The molecule has 0 saturated carbocycles. The van der Waals surface area contributed by atoms with E-state index >= 15 is 0 Å². The van der Waals surface area contributed by atoms with Crippen LogP contribution < -0.4 is 5.32 Å². The summed E-state index contributed by atoms with van der Waals surface area (Å²) in [6.07, 6.45) is 3.92. The standard InChI is InChI=1S/C12H22N4O/c1-10-7-15(11(2)5-13-10)8-12-6-14-16(9-12)3-4-17/h6,9-11,13,17H,3-5,7-8H2,1-2H3. The highest BCUT2D eigenvalue weighted by Gasteiger charge is 2.22. The molecule has 2 rings (SSSR count). The molecule has 17 heavy (non-hydrogen) atoms. The zero-order valence-corrected chi connectivity index (χ0v) is 10.6. The van der Waals surface area contributed by atoms with Crippen LogP contribution in [0.2, 0.25) is 0 Å². The quantitative estimate of drug-likeness (QED) is 0.779. The van der Waals surface area contributed by atoms with Gasteiger partial charge in [-0.25, -0.2) is 0 Å². The van der Waals surface area contributed by atoms with E-state index in [0.717, 1.165) is 19.6 Å². The first-order valence-corrected chi connectivity index (χ1v) is 6.28. The largest absolute Gasteiger partial charge is 0.394 e. The minimum absolute atomic E-state index is 0.141. The number of piperazine rings is 1. The average Bonchev–Trinajstić information content (AvgIpc) is 2.72. The number of nitrogens with one attached hydrogen (secondary N) is 1. The molecule has 0 aromatic carbocycles. The Bertz CT molecular complexity index is 352. The van der Waals surface area contributed by atoms with Gasteiger partial charge in [0.25, 0.3) is 0 Å². The minimum Gasteiger partial charge on any atom is -0.394 e. The summed E-state index contributed by atoms with van der Waals surface area (Å²) < 4.78 is 1.80. The zero-order valence-electron chi connectivity index (χ0n) is 10.6. The molecule has 2 N–H and O–H groups in total. The van der Waals surface area contributed by atoms with E-state index in [4.69, 9.17) is 5.11 Å². The molecule has 1 aliphatic rings. The van der Waals surface area contributed by atoms with Crippen LogP contribution in [0.15, 0.2) is 12.4 Å². The number of nitrogens with zero attached hydrogens (tertiary/aromatic N) is 3. The van der Waals surface area contributed by atoms with Gasteiger partial charge < -0.3 is 10.4 Å². The van der Waals surface area contributed by atoms with Crippen molar-refractivity contribution in [3.63, 3.8) is 0 Å². The molecule has 1 aromatic heterocycles. The normalized spacial score (nSPS) is 26.3. The van der Waals surface area contributed by atoms with Gasteiger partial charge in [0, 0.05) is 43.5 Å². The highest BCUT2D eigenvalue weighted by molar-refractivity contribution is 5.04. The van der Waals surface area contributed by atoms with E-state index in [0.29, 0.717) is 18.6 Å². The number of rotatable bonds is 4. The molecular formula is C12H22N4O. The van der Waals surface area contributed by atoms with Gasteiger partial charge in [-0.2, -0.15) is 5.10 Å². The lowest BCUT2D eigenvalue weighted by Gasteiger charge is -2.37. The average molecular weight is 238 g/mol. The lowest BCUT2D eigenvalue weighted by molar-refractivity contribution is 0.139. The van der Waals surface area contributed by atoms with E-state index in [2.05, 4.69) is 29.2 Å². The maximum Gasteiger partial charge on any atom is 0.0640 e. The third kappa shape index (κ3) is 3.28. The summed E-state index contributed by atoms with van der Waals surface area (Å²) in [7, 11) is 0. The monoisotopic (exact) mass is 238 g/mol. The van der Waals surface area contributed by atoms with Crippen LogP contribution in [0, 0.1) is 0 Å². The Morgan fingerprint density at radius 3 is 3.12 bits per heavy atom. The van der Waals surface area contributed by atoms with Crippen LogP contribution in [0.5, 0.6) is 0 Å². The van der Waals surface area contributed by atoms with Crippen molar-refractivity contribution in [3.05, 3.63) is 18.0 Å². The number of aliphatic hydroxyl groups excluding tert-OH is 1. The number of hydrogen-bond acceptors (Lipinski definition) is 4. The maximum atomic E-state index is 8.85. The molecule has 5 nitrogen and oxygen atoms in total. The fourth-order valence-electron chi connectivity index (χ4n) is 2.26. The van der Waals surface area contributed by atoms with Crippen LogP contribution in [0.4, 0.5) is 0 Å². The van der Waals surface area contributed by atoms with E-state index in [1.54, 1.807) is 4.68 Å². The fraction of sp³-hybridized carbons (Fsp3) is 0.750. The first-order valence-electron chi connectivity index (χ1n) is 6.28. The van der Waals surface area contributed by atoms with Crippen molar-refractivity contribution in [2.75, 3.05) is 19.7 Å². The highest BCUT2D eigenvalue weighted by Crippen LogP contribution is 2.11. The predicted octanol–water partition coefficient (Wildman–Crippen LogP) is 0.0576. The molecule has 96 valence electrons. The minimum atomic E-state index is 0.141. The van der Waals surface area contributed by atoms with Crippen molar-refractivity contribution in [2.45, 2.75) is 39.0 Å². The topological polar surface area (TPSA) is 53.3 Å². The lowest BCUT2D eigenvalue weighted by atomic mass is 10.1. The molecular weight excluding hydrogens is 216 g/mol. The Balaban J connectivity index is 1.94. The molecule has 0 amide bonds. The third-order valence-electron chi connectivity index (χ3n) is 3.29. The van der Waals surface area contributed by atoms with E-state index in [-0.39, 0.29) is 6.61 Å². The molecule has 1 aliphatic heterocycles. The van der Waals surface area contributed by atoms with Gasteiger partial charge in [-0.3, -0.25) is 9.58 Å². The summed E-state index contributed by atoms with van der Waals surface area (Å²) >= 11 is 0. The van der Waals surface area contributed by atoms with Gasteiger partial charge in [0.15, 0.2) is 0 Å². The third-order valence-corrected chi connectivity index (χ3v) is 3.29. The van der Waals surface area contributed by atoms with Crippen molar-refractivity contribution in [2.24, 2.45) is 0 Å². The number of aliphatic hydroxyl groups is 1. The SMILES string of the molecule is CC1CN(Cc2cnn(CCO)c2)C(C)CN1. The Morgan fingerprint density at radius 1 is 1.53 bits per heavy atom. The van der Waals surface area contributed by atoms with Gasteiger partial charge in [0.2, 0.25) is 0 Å². The Morgan fingerprint density at radius 2 is 2.35 bits per heavy atom. The first-order chi connectivity index (χ1) is 8.19. The van der Waals surface area contributed by atoms with Crippen LogP contribution in [-0.4, -0.2) is 51.6 Å². The second-order valence-corrected chi connectivity index (χ2v) is 4.92. The van der Waals surface area contributed by atoms with Crippen molar-refractivity contribution in [1.29, 1.82) is 0 Å². The molecule has 0 spiro atoms. The molecule has 2 heterocycles. The second kappa shape index (κ2) is 5.62. The summed E-state index contributed by atoms with van der Waals surface area (Å²) in [6.45, 7) is 8.25. The Hall–Kier alpha value is -0.910. The fourth-order valence-corrected chi connectivity index (χ4v) is 2.26. The molecule has 0 bridgehead atoms. The molecule has 0 aliphatic carbocycles. The molecule has 1 aromatic rings. The van der Waals surface area contributed by atoms with Crippen LogP contribution in [-0.2, 0) is 13.1 Å². The van der Waals surface area contributed by atoms with Crippen molar-refractivity contribution < 1.29 is 5.11 Å². The molecule has 1 fully saturated rings. The summed E-state index contributed by atoms with van der Waals surface area (Å²) in [5.41, 5.74) is 1.22. The van der Waals surface area contributed by atoms with Gasteiger partial charge in [-0.15, -0.1) is 0 Å². The molecule has 1 saturated heterocycles. The molecule has 2 unspecified atom stereocenters. The van der Waals surface area contributed by atoms with Crippen LogP contribution in [0.1, 0.15) is 19.4 Å². The van der Waals surface area contributed by atoms with Crippen LogP contribution >= 0.6 is 0 Å². The van der Waals surface area contributed by atoms with Gasteiger partial charge in [0.1, 0.15) is 0 Å². The highest BCUT2D eigenvalue weighted by atomic mass is 16.3. The van der Waals surface area contributed by atoms with Gasteiger partial charge >= 0.3 is 0 Å². The summed E-state index contributed by atoms with van der Waals surface area (Å²) in [6, 6.07) is 1.12. The van der Waals surface area contributed by atoms with Crippen molar-refractivity contribution >= 4 is 0 Å². The zero-order chi connectivity index (χ0) is 12.3. The van der Waals surface area contributed by atoms with E-state index < -0.39 is 0 Å². The lowest BCUT2D eigenvalue weighted by Crippen LogP contribution is -2.53. The Labute approximate surface area is 102 Å². The predicted molar refractivity (Wildman–Crippen MR) is 66.6 cm³/mol. The second-order valence-electron chi connectivity index (χ2n) is 4.92.